The predicted octanol–water partition coefficient (Wildman–Crippen LogP) is 3.08. The molecule has 2 unspecified atom stereocenters. The molecule has 2 N–H and O–H groups in total. The molecule has 0 saturated heterocycles. The first-order chi connectivity index (χ1) is 10.1. The summed E-state index contributed by atoms with van der Waals surface area (Å²) in [7, 11) is 1.42. The highest BCUT2D eigenvalue weighted by molar-refractivity contribution is 8.00. The molecule has 1 aromatic rings. The van der Waals surface area contributed by atoms with Gasteiger partial charge in [0.2, 0.25) is 0 Å². The van der Waals surface area contributed by atoms with Gasteiger partial charge in [-0.25, -0.2) is 0 Å². The molecule has 21 heavy (non-hydrogen) atoms. The Labute approximate surface area is 130 Å². The molecule has 0 spiro atoms. The number of carbonyl (C=O) groups excluding carboxylic acids is 1. The molecule has 1 fully saturated rings. The molecule has 3 nitrogen and oxygen atoms in total. The molecule has 2 aliphatic carbocycles. The number of esters is 1. The van der Waals surface area contributed by atoms with Crippen LogP contribution in [0.25, 0.3) is 0 Å². The van der Waals surface area contributed by atoms with Crippen LogP contribution in [-0.4, -0.2) is 23.9 Å². The van der Waals surface area contributed by atoms with Crippen molar-refractivity contribution in [3.63, 3.8) is 0 Å². The molecule has 114 valence electrons. The lowest BCUT2D eigenvalue weighted by Crippen LogP contribution is -2.52. The van der Waals surface area contributed by atoms with Crippen LogP contribution < -0.4 is 5.73 Å². The van der Waals surface area contributed by atoms with Gasteiger partial charge < -0.3 is 10.5 Å². The van der Waals surface area contributed by atoms with Crippen molar-refractivity contribution in [2.45, 2.75) is 60.6 Å². The third kappa shape index (κ3) is 3.11. The first kappa shape index (κ1) is 14.9. The largest absolute Gasteiger partial charge is 0.468 e. The lowest BCUT2D eigenvalue weighted by atomic mass is 9.82. The Morgan fingerprint density at radius 3 is 2.95 bits per heavy atom. The Balaban J connectivity index is 1.69. The fourth-order valence-electron chi connectivity index (χ4n) is 3.56. The lowest BCUT2D eigenvalue weighted by molar-refractivity contribution is -0.148. The van der Waals surface area contributed by atoms with Gasteiger partial charge in [-0.05, 0) is 68.2 Å². The number of nitrogens with two attached hydrogens (primary N) is 1. The molecule has 0 radical (unpaired) electrons. The molecule has 0 bridgehead atoms. The molecule has 0 aromatic heterocycles. The minimum absolute atomic E-state index is 0.262. The van der Waals surface area contributed by atoms with Gasteiger partial charge in [0, 0.05) is 10.1 Å². The van der Waals surface area contributed by atoms with Crippen LogP contribution >= 0.6 is 11.8 Å². The van der Waals surface area contributed by atoms with E-state index < -0.39 is 5.54 Å². The predicted molar refractivity (Wildman–Crippen MR) is 85.5 cm³/mol. The van der Waals surface area contributed by atoms with Crippen LogP contribution in [0.5, 0.6) is 0 Å². The van der Waals surface area contributed by atoms with E-state index in [1.807, 2.05) is 11.8 Å². The van der Waals surface area contributed by atoms with Crippen molar-refractivity contribution in [1.29, 1.82) is 0 Å². The van der Waals surface area contributed by atoms with E-state index in [9.17, 15) is 4.79 Å². The Bertz CT molecular complexity index is 546. The molecule has 1 saturated carbocycles. The highest BCUT2D eigenvalue weighted by atomic mass is 32.2. The fraction of sp³-hybridized carbons (Fsp3) is 0.588. The number of thioether (sulfide) groups is 1. The van der Waals surface area contributed by atoms with Gasteiger partial charge in [0.05, 0.1) is 7.11 Å². The first-order valence-electron chi connectivity index (χ1n) is 7.76. The van der Waals surface area contributed by atoms with E-state index in [-0.39, 0.29) is 5.97 Å². The van der Waals surface area contributed by atoms with Crippen molar-refractivity contribution in [3.05, 3.63) is 29.3 Å². The summed E-state index contributed by atoms with van der Waals surface area (Å²) in [6.07, 6.45) is 7.27. The zero-order valence-corrected chi connectivity index (χ0v) is 13.4. The molecule has 4 heteroatoms. The number of ether oxygens (including phenoxy) is 1. The van der Waals surface area contributed by atoms with Gasteiger partial charge in [0.15, 0.2) is 0 Å². The first-order valence-corrected chi connectivity index (χ1v) is 8.64. The maximum Gasteiger partial charge on any atom is 0.325 e. The van der Waals surface area contributed by atoms with Crippen molar-refractivity contribution < 1.29 is 9.53 Å². The second-order valence-electron chi connectivity index (χ2n) is 6.27. The van der Waals surface area contributed by atoms with Gasteiger partial charge in [0.25, 0.3) is 0 Å². The van der Waals surface area contributed by atoms with E-state index in [0.29, 0.717) is 11.7 Å². The van der Waals surface area contributed by atoms with E-state index >= 15 is 0 Å². The fourth-order valence-corrected chi connectivity index (χ4v) is 4.97. The van der Waals surface area contributed by atoms with Crippen LogP contribution in [0.3, 0.4) is 0 Å². The van der Waals surface area contributed by atoms with Crippen LogP contribution in [0.4, 0.5) is 0 Å². The van der Waals surface area contributed by atoms with Crippen molar-refractivity contribution in [1.82, 2.24) is 0 Å². The number of fused-ring (bicyclic) bond motifs is 1. The number of methoxy groups -OCH3 is 1. The van der Waals surface area contributed by atoms with E-state index in [1.54, 1.807) is 0 Å². The summed E-state index contributed by atoms with van der Waals surface area (Å²) in [6, 6.07) is 6.82. The van der Waals surface area contributed by atoms with E-state index in [4.69, 9.17) is 10.5 Å². The summed E-state index contributed by atoms with van der Waals surface area (Å²) in [4.78, 5) is 13.2. The molecule has 2 atom stereocenters. The number of benzene rings is 1. The van der Waals surface area contributed by atoms with Gasteiger partial charge in [0.1, 0.15) is 5.54 Å². The van der Waals surface area contributed by atoms with Gasteiger partial charge in [-0.2, -0.15) is 0 Å². The standard InChI is InChI=1S/C17H23NO2S/c1-20-16(19)17(18)9-3-6-15(11-17)21-14-8-7-12-4-2-5-13(12)10-14/h7-8,10,15H,2-6,9,11,18H2,1H3. The maximum atomic E-state index is 11.9. The van der Waals surface area contributed by atoms with Crippen LogP contribution in [0.1, 0.15) is 43.2 Å². The zero-order valence-electron chi connectivity index (χ0n) is 12.6. The smallest absolute Gasteiger partial charge is 0.325 e. The molecular weight excluding hydrogens is 282 g/mol. The summed E-state index contributed by atoms with van der Waals surface area (Å²) in [5.74, 6) is -0.262. The second-order valence-corrected chi connectivity index (χ2v) is 7.64. The van der Waals surface area contributed by atoms with E-state index in [2.05, 4.69) is 18.2 Å². The summed E-state index contributed by atoms with van der Waals surface area (Å²) in [6.45, 7) is 0. The van der Waals surface area contributed by atoms with Crippen molar-refractivity contribution in [2.75, 3.05) is 7.11 Å². The molecule has 3 rings (SSSR count). The minimum Gasteiger partial charge on any atom is -0.468 e. The van der Waals surface area contributed by atoms with E-state index in [1.165, 1.54) is 42.4 Å². The number of rotatable bonds is 3. The Morgan fingerprint density at radius 2 is 2.14 bits per heavy atom. The SMILES string of the molecule is COC(=O)C1(N)CCCC(Sc2ccc3c(c2)CCC3)C1. The summed E-state index contributed by atoms with van der Waals surface area (Å²) in [5.41, 5.74) is 8.48. The average Bonchev–Trinajstić information content (AvgIpc) is 2.94. The molecule has 2 aliphatic rings. The molecule has 0 amide bonds. The summed E-state index contributed by atoms with van der Waals surface area (Å²) >= 11 is 1.87. The van der Waals surface area contributed by atoms with Gasteiger partial charge in [-0.3, -0.25) is 4.79 Å². The summed E-state index contributed by atoms with van der Waals surface area (Å²) in [5, 5.41) is 0.405. The van der Waals surface area contributed by atoms with Gasteiger partial charge in [-0.15, -0.1) is 11.8 Å². The van der Waals surface area contributed by atoms with Crippen molar-refractivity contribution >= 4 is 17.7 Å². The van der Waals surface area contributed by atoms with Crippen molar-refractivity contribution in [2.24, 2.45) is 5.73 Å². The minimum atomic E-state index is -0.790. The topological polar surface area (TPSA) is 52.3 Å². The van der Waals surface area contributed by atoms with E-state index in [0.717, 1.165) is 19.3 Å². The number of hydrogen-bond acceptors (Lipinski definition) is 4. The van der Waals surface area contributed by atoms with Gasteiger partial charge >= 0.3 is 5.97 Å². The van der Waals surface area contributed by atoms with Crippen molar-refractivity contribution in [3.8, 4) is 0 Å². The normalized spacial score (nSPS) is 28.2. The second kappa shape index (κ2) is 6.01. The number of aryl methyl sites for hydroxylation is 2. The Hall–Kier alpha value is -1.00. The summed E-state index contributed by atoms with van der Waals surface area (Å²) < 4.78 is 4.88. The number of carbonyl (C=O) groups is 1. The molecule has 1 aromatic carbocycles. The third-order valence-electron chi connectivity index (χ3n) is 4.71. The van der Waals surface area contributed by atoms with Crippen LogP contribution in [0.2, 0.25) is 0 Å². The van der Waals surface area contributed by atoms with Gasteiger partial charge in [-0.1, -0.05) is 6.07 Å². The Kier molecular flexibility index (Phi) is 4.27. The Morgan fingerprint density at radius 1 is 1.33 bits per heavy atom. The molecular formula is C17H23NO2S. The highest BCUT2D eigenvalue weighted by Crippen LogP contribution is 2.39. The average molecular weight is 305 g/mol. The quantitative estimate of drug-likeness (QED) is 0.872. The number of hydrogen-bond donors (Lipinski definition) is 1. The van der Waals surface area contributed by atoms with Crippen LogP contribution in [-0.2, 0) is 22.4 Å². The lowest BCUT2D eigenvalue weighted by Gasteiger charge is -2.35. The highest BCUT2D eigenvalue weighted by Gasteiger charge is 2.40. The molecule has 0 aliphatic heterocycles. The zero-order chi connectivity index (χ0) is 14.9. The monoisotopic (exact) mass is 305 g/mol. The van der Waals surface area contributed by atoms with Crippen LogP contribution in [0.15, 0.2) is 23.1 Å². The maximum absolute atomic E-state index is 11.9. The third-order valence-corrected chi connectivity index (χ3v) is 5.97. The molecule has 0 heterocycles. The van der Waals surface area contributed by atoms with Crippen LogP contribution in [0, 0.1) is 0 Å².